The lowest BCUT2D eigenvalue weighted by molar-refractivity contribution is 0.315. The fourth-order valence-electron chi connectivity index (χ4n) is 2.10. The maximum Gasteiger partial charge on any atom is 0.243 e. The van der Waals surface area contributed by atoms with Crippen molar-refractivity contribution < 1.29 is 13.0 Å². The summed E-state index contributed by atoms with van der Waals surface area (Å²) in [6, 6.07) is 13.7. The molecule has 0 unspecified atom stereocenters. The summed E-state index contributed by atoms with van der Waals surface area (Å²) in [6.45, 7) is 1.79. The molecule has 0 aliphatic rings. The molecule has 6 nitrogen and oxygen atoms in total. The molecule has 2 aromatic carbocycles. The first kappa shape index (κ1) is 13.7. The molecule has 0 saturated heterocycles. The quantitative estimate of drug-likeness (QED) is 0.799. The van der Waals surface area contributed by atoms with Crippen molar-refractivity contribution in [3.8, 4) is 0 Å². The third kappa shape index (κ3) is 2.65. The van der Waals surface area contributed by atoms with Crippen LogP contribution in [0.4, 0.5) is 0 Å². The van der Waals surface area contributed by atoms with Gasteiger partial charge in [0.25, 0.3) is 0 Å². The van der Waals surface area contributed by atoms with Gasteiger partial charge in [-0.15, -0.1) is 0 Å². The molecular weight excluding hydrogens is 290 g/mol. The van der Waals surface area contributed by atoms with Crippen LogP contribution in [0, 0.1) is 0 Å². The molecule has 108 valence electrons. The van der Waals surface area contributed by atoms with Gasteiger partial charge in [-0.1, -0.05) is 36.4 Å². The molecule has 0 aliphatic carbocycles. The SMILES string of the molecule is C[C@H](NS(=O)(=O)c1cccc2nonc12)c1ccccc1. The van der Waals surface area contributed by atoms with E-state index in [2.05, 4.69) is 19.7 Å². The number of nitrogens with zero attached hydrogens (tertiary/aromatic N) is 2. The van der Waals surface area contributed by atoms with Crippen LogP contribution in [0.25, 0.3) is 11.0 Å². The first-order chi connectivity index (χ1) is 10.1. The van der Waals surface area contributed by atoms with E-state index < -0.39 is 10.0 Å². The van der Waals surface area contributed by atoms with E-state index in [1.54, 1.807) is 19.1 Å². The van der Waals surface area contributed by atoms with Crippen LogP contribution in [0.3, 0.4) is 0 Å². The van der Waals surface area contributed by atoms with Crippen molar-refractivity contribution in [2.24, 2.45) is 0 Å². The van der Waals surface area contributed by atoms with E-state index in [4.69, 9.17) is 0 Å². The predicted molar refractivity (Wildman–Crippen MR) is 77.0 cm³/mol. The molecule has 0 amide bonds. The number of hydrogen-bond donors (Lipinski definition) is 1. The highest BCUT2D eigenvalue weighted by atomic mass is 32.2. The van der Waals surface area contributed by atoms with Gasteiger partial charge in [-0.05, 0) is 34.9 Å². The van der Waals surface area contributed by atoms with Gasteiger partial charge >= 0.3 is 0 Å². The van der Waals surface area contributed by atoms with Gasteiger partial charge in [0, 0.05) is 6.04 Å². The van der Waals surface area contributed by atoms with Gasteiger partial charge in [-0.3, -0.25) is 0 Å². The number of hydrogen-bond acceptors (Lipinski definition) is 5. The molecule has 3 rings (SSSR count). The minimum Gasteiger partial charge on any atom is -0.243 e. The van der Waals surface area contributed by atoms with Crippen LogP contribution in [-0.4, -0.2) is 18.7 Å². The first-order valence-electron chi connectivity index (χ1n) is 6.36. The molecule has 1 N–H and O–H groups in total. The number of benzene rings is 2. The molecule has 21 heavy (non-hydrogen) atoms. The summed E-state index contributed by atoms with van der Waals surface area (Å²) in [7, 11) is -3.72. The van der Waals surface area contributed by atoms with Crippen LogP contribution < -0.4 is 4.72 Å². The van der Waals surface area contributed by atoms with Crippen LogP contribution >= 0.6 is 0 Å². The summed E-state index contributed by atoms with van der Waals surface area (Å²) in [5, 5.41) is 7.31. The van der Waals surface area contributed by atoms with Gasteiger partial charge in [0.05, 0.1) is 0 Å². The summed E-state index contributed by atoms with van der Waals surface area (Å²) >= 11 is 0. The molecular formula is C14H13N3O3S. The molecule has 0 radical (unpaired) electrons. The van der Waals surface area contributed by atoms with Crippen molar-refractivity contribution in [2.75, 3.05) is 0 Å². The van der Waals surface area contributed by atoms with E-state index >= 15 is 0 Å². The van der Waals surface area contributed by atoms with Crippen LogP contribution in [0.15, 0.2) is 58.1 Å². The summed E-state index contributed by atoms with van der Waals surface area (Å²) in [5.74, 6) is 0. The summed E-state index contributed by atoms with van der Waals surface area (Å²) in [6.07, 6.45) is 0. The standard InChI is InChI=1S/C14H13N3O3S/c1-10(11-6-3-2-4-7-11)17-21(18,19)13-9-5-8-12-14(13)16-20-15-12/h2-10,17H,1H3/t10-/m0/s1. The van der Waals surface area contributed by atoms with Gasteiger partial charge in [-0.25, -0.2) is 17.8 Å². The van der Waals surface area contributed by atoms with Gasteiger partial charge < -0.3 is 0 Å². The topological polar surface area (TPSA) is 85.1 Å². The fraction of sp³-hybridized carbons (Fsp3) is 0.143. The van der Waals surface area contributed by atoms with Crippen LogP contribution in [-0.2, 0) is 10.0 Å². The Morgan fingerprint density at radius 3 is 2.57 bits per heavy atom. The summed E-state index contributed by atoms with van der Waals surface area (Å²) in [5.41, 5.74) is 1.52. The molecule has 1 heterocycles. The summed E-state index contributed by atoms with van der Waals surface area (Å²) < 4.78 is 32.2. The highest BCUT2D eigenvalue weighted by molar-refractivity contribution is 7.89. The van der Waals surface area contributed by atoms with Crippen LogP contribution in [0.5, 0.6) is 0 Å². The smallest absolute Gasteiger partial charge is 0.243 e. The normalized spacial score (nSPS) is 13.4. The van der Waals surface area contributed by atoms with E-state index in [1.165, 1.54) is 6.07 Å². The molecule has 0 bridgehead atoms. The molecule has 7 heteroatoms. The van der Waals surface area contributed by atoms with Crippen molar-refractivity contribution in [1.82, 2.24) is 15.0 Å². The Hall–Kier alpha value is -2.25. The van der Waals surface area contributed by atoms with E-state index in [-0.39, 0.29) is 16.5 Å². The number of rotatable bonds is 4. The van der Waals surface area contributed by atoms with E-state index in [0.717, 1.165) is 5.56 Å². The third-order valence-electron chi connectivity index (χ3n) is 3.17. The number of aromatic nitrogens is 2. The van der Waals surface area contributed by atoms with Crippen molar-refractivity contribution in [3.05, 3.63) is 54.1 Å². The second-order valence-corrected chi connectivity index (χ2v) is 6.32. The van der Waals surface area contributed by atoms with Crippen molar-refractivity contribution in [3.63, 3.8) is 0 Å². The first-order valence-corrected chi connectivity index (χ1v) is 7.85. The Kier molecular flexibility index (Phi) is 3.44. The number of nitrogens with one attached hydrogen (secondary N) is 1. The maximum atomic E-state index is 12.5. The van der Waals surface area contributed by atoms with Crippen LogP contribution in [0.1, 0.15) is 18.5 Å². The van der Waals surface area contributed by atoms with Gasteiger partial charge in [0.1, 0.15) is 10.4 Å². The Bertz CT molecular complexity index is 859. The molecule has 1 atom stereocenters. The zero-order valence-electron chi connectivity index (χ0n) is 11.2. The number of fused-ring (bicyclic) bond motifs is 1. The molecule has 0 aliphatic heterocycles. The second-order valence-electron chi connectivity index (χ2n) is 4.64. The van der Waals surface area contributed by atoms with E-state index in [0.29, 0.717) is 5.52 Å². The Morgan fingerprint density at radius 1 is 1.05 bits per heavy atom. The predicted octanol–water partition coefficient (Wildman–Crippen LogP) is 2.26. The van der Waals surface area contributed by atoms with Gasteiger partial charge in [-0.2, -0.15) is 0 Å². The molecule has 0 fully saturated rings. The zero-order valence-corrected chi connectivity index (χ0v) is 12.0. The zero-order chi connectivity index (χ0) is 14.9. The lowest BCUT2D eigenvalue weighted by Gasteiger charge is -2.14. The molecule has 3 aromatic rings. The average Bonchev–Trinajstić information content (AvgIpc) is 2.95. The Morgan fingerprint density at radius 2 is 1.81 bits per heavy atom. The number of sulfonamides is 1. The highest BCUT2D eigenvalue weighted by Gasteiger charge is 2.22. The van der Waals surface area contributed by atoms with Crippen molar-refractivity contribution in [2.45, 2.75) is 17.9 Å². The maximum absolute atomic E-state index is 12.5. The lowest BCUT2D eigenvalue weighted by Crippen LogP contribution is -2.27. The van der Waals surface area contributed by atoms with Crippen molar-refractivity contribution in [1.29, 1.82) is 0 Å². The van der Waals surface area contributed by atoms with Crippen LogP contribution in [0.2, 0.25) is 0 Å². The minimum atomic E-state index is -3.72. The molecule has 1 aromatic heterocycles. The average molecular weight is 303 g/mol. The van der Waals surface area contributed by atoms with Gasteiger partial charge in [0.15, 0.2) is 5.52 Å². The van der Waals surface area contributed by atoms with E-state index in [9.17, 15) is 8.42 Å². The second kappa shape index (κ2) is 5.27. The third-order valence-corrected chi connectivity index (χ3v) is 4.74. The minimum absolute atomic E-state index is 0.0593. The highest BCUT2D eigenvalue weighted by Crippen LogP contribution is 2.22. The molecule has 0 saturated carbocycles. The molecule has 0 spiro atoms. The largest absolute Gasteiger partial charge is 0.243 e. The fourth-order valence-corrected chi connectivity index (χ4v) is 3.49. The lowest BCUT2D eigenvalue weighted by atomic mass is 10.1. The van der Waals surface area contributed by atoms with Crippen molar-refractivity contribution >= 4 is 21.1 Å². The summed E-state index contributed by atoms with van der Waals surface area (Å²) in [4.78, 5) is 0.0593. The Balaban J connectivity index is 1.96. The van der Waals surface area contributed by atoms with E-state index in [1.807, 2.05) is 30.3 Å². The monoisotopic (exact) mass is 303 g/mol. The Labute approximate surface area is 121 Å². The van der Waals surface area contributed by atoms with Gasteiger partial charge in [0.2, 0.25) is 10.0 Å².